The molecule has 0 aliphatic carbocycles. The van der Waals surface area contributed by atoms with Crippen LogP contribution in [0.25, 0.3) is 11.3 Å². The van der Waals surface area contributed by atoms with Crippen LogP contribution in [-0.2, 0) is 12.7 Å². The molecule has 1 aromatic carbocycles. The van der Waals surface area contributed by atoms with Gasteiger partial charge in [0.05, 0.1) is 22.6 Å². The van der Waals surface area contributed by atoms with Gasteiger partial charge in [0.2, 0.25) is 0 Å². The highest BCUT2D eigenvalue weighted by molar-refractivity contribution is 5.63. The summed E-state index contributed by atoms with van der Waals surface area (Å²) in [7, 11) is 0. The second-order valence-corrected chi connectivity index (χ2v) is 5.32. The summed E-state index contributed by atoms with van der Waals surface area (Å²) in [4.78, 5) is 4.20. The zero-order valence-corrected chi connectivity index (χ0v) is 12.9. The Morgan fingerprint density at radius 3 is 2.54 bits per heavy atom. The van der Waals surface area contributed by atoms with E-state index in [2.05, 4.69) is 20.5 Å². The van der Waals surface area contributed by atoms with E-state index in [4.69, 9.17) is 0 Å². The largest absolute Gasteiger partial charge is 0.416 e. The predicted molar refractivity (Wildman–Crippen MR) is 85.3 cm³/mol. The van der Waals surface area contributed by atoms with Gasteiger partial charge in [-0.3, -0.25) is 10.1 Å². The molecule has 0 aliphatic rings. The number of nitrogens with one attached hydrogen (secondary N) is 2. The van der Waals surface area contributed by atoms with Gasteiger partial charge in [0.25, 0.3) is 0 Å². The first-order chi connectivity index (χ1) is 11.4. The van der Waals surface area contributed by atoms with Crippen molar-refractivity contribution in [3.05, 3.63) is 65.6 Å². The lowest BCUT2D eigenvalue weighted by atomic mass is 10.1. The van der Waals surface area contributed by atoms with E-state index in [0.717, 1.165) is 29.1 Å². The molecule has 7 heteroatoms. The molecule has 0 fully saturated rings. The van der Waals surface area contributed by atoms with Crippen LogP contribution in [0.1, 0.15) is 16.8 Å². The van der Waals surface area contributed by atoms with E-state index < -0.39 is 11.7 Å². The van der Waals surface area contributed by atoms with Crippen LogP contribution in [0.5, 0.6) is 0 Å². The number of pyridine rings is 1. The smallest absolute Gasteiger partial charge is 0.379 e. The van der Waals surface area contributed by atoms with Crippen molar-refractivity contribution in [1.82, 2.24) is 15.2 Å². The fourth-order valence-corrected chi connectivity index (χ4v) is 2.38. The quantitative estimate of drug-likeness (QED) is 0.744. The lowest BCUT2D eigenvalue weighted by molar-refractivity contribution is -0.137. The molecule has 0 atom stereocenters. The van der Waals surface area contributed by atoms with Gasteiger partial charge in [-0.15, -0.1) is 0 Å². The Morgan fingerprint density at radius 1 is 1.12 bits per heavy atom. The maximum Gasteiger partial charge on any atom is 0.416 e. The molecule has 0 aliphatic heterocycles. The Hall–Kier alpha value is -2.83. The standard InChI is InChI=1S/C17H15F3N4/c1-11-15(3-2-8-21-11)22-9-13-10-23-24-16(13)12-4-6-14(7-5-12)17(18,19)20/h2-8,10,22H,9H2,1H3,(H,23,24). The van der Waals surface area contributed by atoms with Crippen LogP contribution in [0.3, 0.4) is 0 Å². The monoisotopic (exact) mass is 332 g/mol. The fraction of sp³-hybridized carbons (Fsp3) is 0.176. The Kier molecular flexibility index (Phi) is 4.24. The number of nitrogens with zero attached hydrogens (tertiary/aromatic N) is 2. The lowest BCUT2D eigenvalue weighted by Gasteiger charge is -2.10. The van der Waals surface area contributed by atoms with Gasteiger partial charge in [-0.2, -0.15) is 18.3 Å². The fourth-order valence-electron chi connectivity index (χ4n) is 2.38. The highest BCUT2D eigenvalue weighted by atomic mass is 19.4. The molecule has 4 nitrogen and oxygen atoms in total. The number of aryl methyl sites for hydroxylation is 1. The number of benzene rings is 1. The number of aromatic nitrogens is 3. The van der Waals surface area contributed by atoms with Crippen LogP contribution >= 0.6 is 0 Å². The van der Waals surface area contributed by atoms with Crippen LogP contribution in [0.4, 0.5) is 18.9 Å². The first kappa shape index (κ1) is 16.0. The van der Waals surface area contributed by atoms with E-state index in [-0.39, 0.29) is 0 Å². The Morgan fingerprint density at radius 2 is 1.88 bits per heavy atom. The molecule has 124 valence electrons. The van der Waals surface area contributed by atoms with Crippen molar-refractivity contribution in [1.29, 1.82) is 0 Å². The second kappa shape index (κ2) is 6.35. The molecular weight excluding hydrogens is 317 g/mol. The topological polar surface area (TPSA) is 53.6 Å². The van der Waals surface area contributed by atoms with Crippen LogP contribution < -0.4 is 5.32 Å². The van der Waals surface area contributed by atoms with Crippen molar-refractivity contribution in [2.45, 2.75) is 19.6 Å². The third-order valence-corrected chi connectivity index (χ3v) is 3.68. The first-order valence-electron chi connectivity index (χ1n) is 7.31. The van der Waals surface area contributed by atoms with E-state index >= 15 is 0 Å². The molecule has 2 heterocycles. The zero-order chi connectivity index (χ0) is 17.2. The summed E-state index contributed by atoms with van der Waals surface area (Å²) in [5.41, 5.74) is 3.21. The highest BCUT2D eigenvalue weighted by Gasteiger charge is 2.30. The third-order valence-electron chi connectivity index (χ3n) is 3.68. The molecule has 0 bridgehead atoms. The molecule has 2 N–H and O–H groups in total. The summed E-state index contributed by atoms with van der Waals surface area (Å²) in [6.45, 7) is 2.38. The Bertz CT molecular complexity index is 822. The Balaban J connectivity index is 1.79. The molecule has 3 aromatic rings. The number of anilines is 1. The SMILES string of the molecule is Cc1ncccc1NCc1c[nH]nc1-c1ccc(C(F)(F)F)cc1. The van der Waals surface area contributed by atoms with E-state index in [9.17, 15) is 13.2 Å². The zero-order valence-electron chi connectivity index (χ0n) is 12.9. The van der Waals surface area contributed by atoms with Gasteiger partial charge < -0.3 is 5.32 Å². The molecule has 24 heavy (non-hydrogen) atoms. The van der Waals surface area contributed by atoms with Crippen LogP contribution in [0, 0.1) is 6.92 Å². The lowest BCUT2D eigenvalue weighted by Crippen LogP contribution is -2.04. The van der Waals surface area contributed by atoms with E-state index in [0.29, 0.717) is 17.8 Å². The number of hydrogen-bond donors (Lipinski definition) is 2. The number of alkyl halides is 3. The molecule has 0 unspecified atom stereocenters. The minimum absolute atomic E-state index is 0.486. The predicted octanol–water partition coefficient (Wildman–Crippen LogP) is 4.41. The highest BCUT2D eigenvalue weighted by Crippen LogP contribution is 2.31. The van der Waals surface area contributed by atoms with Gasteiger partial charge in [0.15, 0.2) is 0 Å². The molecular formula is C17H15F3N4. The summed E-state index contributed by atoms with van der Waals surface area (Å²) in [6, 6.07) is 8.73. The summed E-state index contributed by atoms with van der Waals surface area (Å²) >= 11 is 0. The average molecular weight is 332 g/mol. The van der Waals surface area contributed by atoms with Crippen molar-refractivity contribution >= 4 is 5.69 Å². The molecule has 0 saturated heterocycles. The first-order valence-corrected chi connectivity index (χ1v) is 7.31. The van der Waals surface area contributed by atoms with Gasteiger partial charge in [-0.05, 0) is 31.2 Å². The van der Waals surface area contributed by atoms with Gasteiger partial charge in [0.1, 0.15) is 0 Å². The number of H-pyrrole nitrogens is 1. The maximum atomic E-state index is 12.6. The maximum absolute atomic E-state index is 12.6. The van der Waals surface area contributed by atoms with E-state index in [1.165, 1.54) is 12.1 Å². The average Bonchev–Trinajstić information content (AvgIpc) is 3.02. The molecule has 0 radical (unpaired) electrons. The normalized spacial score (nSPS) is 11.5. The molecule has 0 amide bonds. The number of aromatic amines is 1. The Labute approximate surface area is 136 Å². The van der Waals surface area contributed by atoms with Crippen molar-refractivity contribution in [3.63, 3.8) is 0 Å². The second-order valence-electron chi connectivity index (χ2n) is 5.32. The van der Waals surface area contributed by atoms with Gasteiger partial charge in [0, 0.05) is 30.1 Å². The van der Waals surface area contributed by atoms with Gasteiger partial charge >= 0.3 is 6.18 Å². The van der Waals surface area contributed by atoms with E-state index in [1.807, 2.05) is 19.1 Å². The number of hydrogen-bond acceptors (Lipinski definition) is 3. The summed E-state index contributed by atoms with van der Waals surface area (Å²) in [6.07, 6.45) is -0.899. The minimum Gasteiger partial charge on any atom is -0.379 e. The molecule has 3 rings (SSSR count). The molecule has 2 aromatic heterocycles. The number of halogens is 3. The third kappa shape index (κ3) is 3.40. The summed E-state index contributed by atoms with van der Waals surface area (Å²) in [5, 5.41) is 10.2. The van der Waals surface area contributed by atoms with Crippen molar-refractivity contribution in [3.8, 4) is 11.3 Å². The molecule has 0 saturated carbocycles. The van der Waals surface area contributed by atoms with Crippen molar-refractivity contribution < 1.29 is 13.2 Å². The summed E-state index contributed by atoms with van der Waals surface area (Å²) in [5.74, 6) is 0. The van der Waals surface area contributed by atoms with E-state index in [1.54, 1.807) is 12.4 Å². The number of rotatable bonds is 4. The van der Waals surface area contributed by atoms with Crippen LogP contribution in [0.15, 0.2) is 48.8 Å². The van der Waals surface area contributed by atoms with Crippen molar-refractivity contribution in [2.75, 3.05) is 5.32 Å². The van der Waals surface area contributed by atoms with Crippen molar-refractivity contribution in [2.24, 2.45) is 0 Å². The van der Waals surface area contributed by atoms with Gasteiger partial charge in [-0.25, -0.2) is 0 Å². The minimum atomic E-state index is -4.34. The molecule has 0 spiro atoms. The summed E-state index contributed by atoms with van der Waals surface area (Å²) < 4.78 is 37.9. The van der Waals surface area contributed by atoms with Gasteiger partial charge in [-0.1, -0.05) is 12.1 Å². The van der Waals surface area contributed by atoms with Crippen LogP contribution in [-0.4, -0.2) is 15.2 Å². The van der Waals surface area contributed by atoms with Crippen LogP contribution in [0.2, 0.25) is 0 Å².